The Morgan fingerprint density at radius 2 is 2.06 bits per heavy atom. The van der Waals surface area contributed by atoms with Gasteiger partial charge in [0.1, 0.15) is 5.54 Å². The lowest BCUT2D eigenvalue weighted by Crippen LogP contribution is -2.59. The van der Waals surface area contributed by atoms with Gasteiger partial charge in [-0.1, -0.05) is 19.8 Å². The predicted octanol–water partition coefficient (Wildman–Crippen LogP) is 0.875. The van der Waals surface area contributed by atoms with Crippen LogP contribution in [-0.4, -0.2) is 29.1 Å². The Balaban J connectivity index is 2.74. The maximum atomic E-state index is 12.1. The Bertz CT molecular complexity index is 307. The third-order valence-electron chi connectivity index (χ3n) is 3.79. The van der Waals surface area contributed by atoms with Crippen LogP contribution in [0.4, 0.5) is 0 Å². The molecular weight excluding hydrogens is 220 g/mol. The molecule has 0 aromatic carbocycles. The van der Waals surface area contributed by atoms with E-state index in [1.165, 1.54) is 0 Å². The van der Waals surface area contributed by atoms with Crippen LogP contribution in [0, 0.1) is 5.41 Å². The molecule has 5 heteroatoms. The number of hydrogen-bond acceptors (Lipinski definition) is 3. The zero-order valence-electron chi connectivity index (χ0n) is 10.6. The zero-order valence-corrected chi connectivity index (χ0v) is 10.6. The van der Waals surface area contributed by atoms with E-state index < -0.39 is 16.9 Å². The molecular formula is C12H22N2O3. The standard InChI is InChI=1S/C12H22N2O3/c1-3-5-11(2,10(16)17)14-9(15)12(8-13)6-4-7-12/h3-8,13H2,1-2H3,(H,14,15)(H,16,17). The minimum Gasteiger partial charge on any atom is -0.480 e. The number of aliphatic carboxylic acids is 1. The molecule has 0 saturated heterocycles. The van der Waals surface area contributed by atoms with Crippen molar-refractivity contribution in [2.75, 3.05) is 6.54 Å². The molecule has 1 unspecified atom stereocenters. The summed E-state index contributed by atoms with van der Waals surface area (Å²) in [5, 5.41) is 11.9. The second-order valence-corrected chi connectivity index (χ2v) is 5.18. The van der Waals surface area contributed by atoms with Crippen LogP contribution < -0.4 is 11.1 Å². The van der Waals surface area contributed by atoms with Crippen molar-refractivity contribution in [3.05, 3.63) is 0 Å². The number of nitrogens with one attached hydrogen (secondary N) is 1. The second-order valence-electron chi connectivity index (χ2n) is 5.18. The smallest absolute Gasteiger partial charge is 0.329 e. The molecule has 0 bridgehead atoms. The second kappa shape index (κ2) is 5.04. The van der Waals surface area contributed by atoms with Gasteiger partial charge in [-0.05, 0) is 26.2 Å². The molecule has 0 aliphatic heterocycles. The third-order valence-corrected chi connectivity index (χ3v) is 3.79. The molecule has 1 aliphatic carbocycles. The third kappa shape index (κ3) is 2.60. The Labute approximate surface area is 102 Å². The van der Waals surface area contributed by atoms with Crippen LogP contribution >= 0.6 is 0 Å². The van der Waals surface area contributed by atoms with Gasteiger partial charge in [0.15, 0.2) is 0 Å². The molecule has 1 fully saturated rings. The van der Waals surface area contributed by atoms with Crippen molar-refractivity contribution >= 4 is 11.9 Å². The van der Waals surface area contributed by atoms with Crippen LogP contribution in [0.15, 0.2) is 0 Å². The molecule has 1 saturated carbocycles. The van der Waals surface area contributed by atoms with Crippen molar-refractivity contribution in [3.8, 4) is 0 Å². The van der Waals surface area contributed by atoms with Crippen LogP contribution in [0.3, 0.4) is 0 Å². The quantitative estimate of drug-likeness (QED) is 0.644. The predicted molar refractivity (Wildman–Crippen MR) is 64.4 cm³/mol. The van der Waals surface area contributed by atoms with E-state index >= 15 is 0 Å². The average molecular weight is 242 g/mol. The largest absolute Gasteiger partial charge is 0.480 e. The number of hydrogen-bond donors (Lipinski definition) is 3. The van der Waals surface area contributed by atoms with E-state index in [1.807, 2.05) is 6.92 Å². The first-order chi connectivity index (χ1) is 7.90. The first-order valence-corrected chi connectivity index (χ1v) is 6.16. The molecule has 1 aliphatic rings. The molecule has 5 nitrogen and oxygen atoms in total. The summed E-state index contributed by atoms with van der Waals surface area (Å²) in [5.74, 6) is -1.19. The van der Waals surface area contributed by atoms with Gasteiger partial charge in [0.25, 0.3) is 0 Å². The normalized spacial score (nSPS) is 21.1. The molecule has 0 heterocycles. The number of rotatable bonds is 6. The lowest BCUT2D eigenvalue weighted by Gasteiger charge is -2.41. The monoisotopic (exact) mass is 242 g/mol. The molecule has 1 amide bonds. The summed E-state index contributed by atoms with van der Waals surface area (Å²) in [4.78, 5) is 23.3. The summed E-state index contributed by atoms with van der Waals surface area (Å²) < 4.78 is 0. The van der Waals surface area contributed by atoms with E-state index in [1.54, 1.807) is 6.92 Å². The maximum absolute atomic E-state index is 12.1. The van der Waals surface area contributed by atoms with Gasteiger partial charge in [0.05, 0.1) is 5.41 Å². The summed E-state index contributed by atoms with van der Waals surface area (Å²) in [5.41, 5.74) is 3.93. The van der Waals surface area contributed by atoms with Gasteiger partial charge >= 0.3 is 5.97 Å². The molecule has 0 aromatic heterocycles. The first-order valence-electron chi connectivity index (χ1n) is 6.16. The Morgan fingerprint density at radius 3 is 2.35 bits per heavy atom. The van der Waals surface area contributed by atoms with E-state index in [0.29, 0.717) is 19.4 Å². The topological polar surface area (TPSA) is 92.4 Å². The minimum absolute atomic E-state index is 0.204. The van der Waals surface area contributed by atoms with Crippen molar-refractivity contribution in [1.82, 2.24) is 5.32 Å². The molecule has 0 spiro atoms. The van der Waals surface area contributed by atoms with E-state index in [0.717, 1.165) is 19.3 Å². The molecule has 98 valence electrons. The highest BCUT2D eigenvalue weighted by atomic mass is 16.4. The number of carbonyl (C=O) groups excluding carboxylic acids is 1. The van der Waals surface area contributed by atoms with Gasteiger partial charge in [-0.15, -0.1) is 0 Å². The fraction of sp³-hybridized carbons (Fsp3) is 0.833. The van der Waals surface area contributed by atoms with Gasteiger partial charge in [-0.2, -0.15) is 0 Å². The van der Waals surface area contributed by atoms with Crippen molar-refractivity contribution in [2.45, 2.75) is 51.5 Å². The van der Waals surface area contributed by atoms with Crippen LogP contribution in [0.1, 0.15) is 46.0 Å². The molecule has 17 heavy (non-hydrogen) atoms. The maximum Gasteiger partial charge on any atom is 0.329 e. The fourth-order valence-electron chi connectivity index (χ4n) is 2.23. The van der Waals surface area contributed by atoms with Crippen molar-refractivity contribution < 1.29 is 14.7 Å². The average Bonchev–Trinajstić information content (AvgIpc) is 2.16. The summed E-state index contributed by atoms with van der Waals surface area (Å²) in [6.45, 7) is 3.75. The Hall–Kier alpha value is -1.10. The highest BCUT2D eigenvalue weighted by Gasteiger charge is 2.46. The molecule has 1 atom stereocenters. The highest BCUT2D eigenvalue weighted by molar-refractivity contribution is 5.90. The SMILES string of the molecule is CCCC(C)(NC(=O)C1(CN)CCC1)C(=O)O. The minimum atomic E-state index is -1.18. The lowest BCUT2D eigenvalue weighted by molar-refractivity contribution is -0.150. The van der Waals surface area contributed by atoms with Crippen LogP contribution in [0.25, 0.3) is 0 Å². The van der Waals surface area contributed by atoms with E-state index in [2.05, 4.69) is 5.32 Å². The number of amides is 1. The van der Waals surface area contributed by atoms with Crippen molar-refractivity contribution in [1.29, 1.82) is 0 Å². The first kappa shape index (κ1) is 14.0. The van der Waals surface area contributed by atoms with Crippen LogP contribution in [-0.2, 0) is 9.59 Å². The summed E-state index contributed by atoms with van der Waals surface area (Å²) in [7, 11) is 0. The summed E-state index contributed by atoms with van der Waals surface area (Å²) in [6.07, 6.45) is 3.64. The number of nitrogens with two attached hydrogens (primary N) is 1. The van der Waals surface area contributed by atoms with Gasteiger partial charge < -0.3 is 16.2 Å². The molecule has 0 radical (unpaired) electrons. The molecule has 4 N–H and O–H groups in total. The van der Waals surface area contributed by atoms with E-state index in [4.69, 9.17) is 5.73 Å². The van der Waals surface area contributed by atoms with Gasteiger partial charge in [-0.3, -0.25) is 4.79 Å². The lowest BCUT2D eigenvalue weighted by atomic mass is 9.67. The van der Waals surface area contributed by atoms with Gasteiger partial charge in [0, 0.05) is 6.54 Å². The molecule has 1 rings (SSSR count). The van der Waals surface area contributed by atoms with Crippen LogP contribution in [0.5, 0.6) is 0 Å². The number of carboxylic acids is 1. The van der Waals surface area contributed by atoms with E-state index in [-0.39, 0.29) is 5.91 Å². The van der Waals surface area contributed by atoms with Crippen molar-refractivity contribution in [3.63, 3.8) is 0 Å². The van der Waals surface area contributed by atoms with Crippen molar-refractivity contribution in [2.24, 2.45) is 11.1 Å². The highest BCUT2D eigenvalue weighted by Crippen LogP contribution is 2.40. The fourth-order valence-corrected chi connectivity index (χ4v) is 2.23. The number of carbonyl (C=O) groups is 2. The molecule has 0 aromatic rings. The summed E-state index contributed by atoms with van der Waals surface area (Å²) >= 11 is 0. The zero-order chi connectivity index (χ0) is 13.1. The summed E-state index contributed by atoms with van der Waals surface area (Å²) in [6, 6.07) is 0. The van der Waals surface area contributed by atoms with Gasteiger partial charge in [0.2, 0.25) is 5.91 Å². The Kier molecular flexibility index (Phi) is 4.14. The van der Waals surface area contributed by atoms with Gasteiger partial charge in [-0.25, -0.2) is 4.79 Å². The number of carboxylic acid groups (broad SMARTS) is 1. The van der Waals surface area contributed by atoms with E-state index in [9.17, 15) is 14.7 Å². The van der Waals surface area contributed by atoms with Crippen LogP contribution in [0.2, 0.25) is 0 Å². The Morgan fingerprint density at radius 1 is 1.47 bits per heavy atom.